The highest BCUT2D eigenvalue weighted by atomic mass is 35.5. The second-order valence-corrected chi connectivity index (χ2v) is 5.77. The van der Waals surface area contributed by atoms with Crippen molar-refractivity contribution in [2.24, 2.45) is 0 Å². The van der Waals surface area contributed by atoms with Gasteiger partial charge in [0.25, 0.3) is 0 Å². The highest BCUT2D eigenvalue weighted by Gasteiger charge is 2.20. The largest absolute Gasteiger partial charge is 0.497 e. The highest BCUT2D eigenvalue weighted by molar-refractivity contribution is 6.17. The van der Waals surface area contributed by atoms with Gasteiger partial charge in [0, 0.05) is 44.5 Å². The van der Waals surface area contributed by atoms with E-state index in [0.717, 1.165) is 55.2 Å². The quantitative estimate of drug-likeness (QED) is 0.805. The molecule has 0 radical (unpaired) electrons. The molecule has 1 saturated heterocycles. The lowest BCUT2D eigenvalue weighted by Gasteiger charge is -2.35. The molecule has 1 aliphatic rings. The molecular weight excluding hydrogens is 288 g/mol. The number of rotatable bonds is 4. The molecule has 0 amide bonds. The highest BCUT2D eigenvalue weighted by Crippen LogP contribution is 2.23. The van der Waals surface area contributed by atoms with Crippen molar-refractivity contribution in [2.75, 3.05) is 51.2 Å². The number of nitrogens with zero attached hydrogens (tertiary/aromatic N) is 4. The van der Waals surface area contributed by atoms with Crippen LogP contribution in [0, 0.1) is 0 Å². The van der Waals surface area contributed by atoms with E-state index in [-0.39, 0.29) is 0 Å². The zero-order chi connectivity index (χ0) is 14.8. The second kappa shape index (κ2) is 6.12. The summed E-state index contributed by atoms with van der Waals surface area (Å²) in [6.45, 7) is 4.14. The first-order chi connectivity index (χ1) is 10.2. The Bertz CT molecular complexity index is 619. The van der Waals surface area contributed by atoms with Crippen LogP contribution in [-0.4, -0.2) is 60.8 Å². The molecule has 1 fully saturated rings. The number of hydrogen-bond donors (Lipinski definition) is 0. The van der Waals surface area contributed by atoms with Gasteiger partial charge in [-0.2, -0.15) is 0 Å². The zero-order valence-electron chi connectivity index (χ0n) is 12.5. The SMILES string of the molecule is COc1ccc2c(c1)nc(CCCl)n2N1CCN(C)CC1. The molecule has 0 spiro atoms. The maximum absolute atomic E-state index is 5.95. The van der Waals surface area contributed by atoms with Crippen LogP contribution in [0.2, 0.25) is 0 Å². The third-order valence-electron chi connectivity index (χ3n) is 3.99. The third-order valence-corrected chi connectivity index (χ3v) is 4.17. The fourth-order valence-corrected chi connectivity index (χ4v) is 2.95. The average molecular weight is 309 g/mol. The predicted octanol–water partition coefficient (Wildman–Crippen LogP) is 1.71. The van der Waals surface area contributed by atoms with Gasteiger partial charge in [-0.3, -0.25) is 0 Å². The Kier molecular flexibility index (Phi) is 4.22. The fourth-order valence-electron chi connectivity index (χ4n) is 2.78. The topological polar surface area (TPSA) is 33.5 Å². The van der Waals surface area contributed by atoms with Gasteiger partial charge in [0.1, 0.15) is 11.6 Å². The third kappa shape index (κ3) is 2.80. The Labute approximate surface area is 130 Å². The Morgan fingerprint density at radius 3 is 2.67 bits per heavy atom. The van der Waals surface area contributed by atoms with Crippen LogP contribution in [0.5, 0.6) is 5.75 Å². The van der Waals surface area contributed by atoms with Crippen LogP contribution in [0.25, 0.3) is 11.0 Å². The van der Waals surface area contributed by atoms with Gasteiger partial charge in [0.05, 0.1) is 18.1 Å². The lowest BCUT2D eigenvalue weighted by molar-refractivity contribution is 0.287. The van der Waals surface area contributed by atoms with Crippen molar-refractivity contribution in [1.82, 2.24) is 14.6 Å². The van der Waals surface area contributed by atoms with Gasteiger partial charge >= 0.3 is 0 Å². The standard InChI is InChI=1S/C15H21ClN4O/c1-18-7-9-19(10-8-18)20-14-4-3-12(21-2)11-13(14)17-15(20)5-6-16/h3-4,11H,5-10H2,1-2H3. The van der Waals surface area contributed by atoms with Crippen molar-refractivity contribution >= 4 is 22.6 Å². The number of benzene rings is 1. The van der Waals surface area contributed by atoms with Gasteiger partial charge in [0.15, 0.2) is 0 Å². The van der Waals surface area contributed by atoms with E-state index in [1.165, 1.54) is 0 Å². The number of methoxy groups -OCH3 is 1. The van der Waals surface area contributed by atoms with Gasteiger partial charge in [0.2, 0.25) is 0 Å². The molecule has 0 unspecified atom stereocenters. The van der Waals surface area contributed by atoms with Crippen LogP contribution in [0.3, 0.4) is 0 Å². The Morgan fingerprint density at radius 1 is 1.24 bits per heavy atom. The van der Waals surface area contributed by atoms with E-state index in [1.54, 1.807) is 7.11 Å². The summed E-state index contributed by atoms with van der Waals surface area (Å²) in [5.41, 5.74) is 2.09. The minimum Gasteiger partial charge on any atom is -0.497 e. The second-order valence-electron chi connectivity index (χ2n) is 5.39. The molecule has 0 atom stereocenters. The van der Waals surface area contributed by atoms with E-state index in [9.17, 15) is 0 Å². The summed E-state index contributed by atoms with van der Waals surface area (Å²) in [5, 5.41) is 2.36. The molecule has 1 aromatic carbocycles. The van der Waals surface area contributed by atoms with Crippen LogP contribution in [0.15, 0.2) is 18.2 Å². The number of imidazole rings is 1. The summed E-state index contributed by atoms with van der Waals surface area (Å²) in [6, 6.07) is 6.05. The van der Waals surface area contributed by atoms with Crippen LogP contribution in [-0.2, 0) is 6.42 Å². The van der Waals surface area contributed by atoms with Crippen molar-refractivity contribution in [3.63, 3.8) is 0 Å². The van der Waals surface area contributed by atoms with E-state index in [2.05, 4.69) is 27.7 Å². The number of aryl methyl sites for hydroxylation is 1. The smallest absolute Gasteiger partial charge is 0.130 e. The van der Waals surface area contributed by atoms with Crippen molar-refractivity contribution in [3.05, 3.63) is 24.0 Å². The van der Waals surface area contributed by atoms with Gasteiger partial charge < -0.3 is 14.6 Å². The minimum atomic E-state index is 0.578. The molecule has 0 aliphatic carbocycles. The van der Waals surface area contributed by atoms with Crippen LogP contribution in [0.4, 0.5) is 0 Å². The molecule has 0 saturated carbocycles. The van der Waals surface area contributed by atoms with Crippen molar-refractivity contribution in [3.8, 4) is 5.75 Å². The summed E-state index contributed by atoms with van der Waals surface area (Å²) in [5.74, 6) is 2.44. The molecule has 6 heteroatoms. The lowest BCUT2D eigenvalue weighted by atomic mass is 10.3. The number of piperazine rings is 1. The molecule has 21 heavy (non-hydrogen) atoms. The molecule has 2 heterocycles. The summed E-state index contributed by atoms with van der Waals surface area (Å²) in [6.07, 6.45) is 0.769. The van der Waals surface area contributed by atoms with E-state index < -0.39 is 0 Å². The molecule has 5 nitrogen and oxygen atoms in total. The summed E-state index contributed by atoms with van der Waals surface area (Å²) >= 11 is 5.95. The van der Waals surface area contributed by atoms with Crippen molar-refractivity contribution in [1.29, 1.82) is 0 Å². The minimum absolute atomic E-state index is 0.578. The van der Waals surface area contributed by atoms with Crippen molar-refractivity contribution in [2.45, 2.75) is 6.42 Å². The number of halogens is 1. The van der Waals surface area contributed by atoms with Gasteiger partial charge in [-0.25, -0.2) is 9.66 Å². The molecule has 2 aromatic rings. The van der Waals surface area contributed by atoms with E-state index >= 15 is 0 Å². The molecule has 3 rings (SSSR count). The van der Waals surface area contributed by atoms with Gasteiger partial charge in [-0.05, 0) is 19.2 Å². The van der Waals surface area contributed by atoms with E-state index in [4.69, 9.17) is 21.3 Å². The van der Waals surface area contributed by atoms with E-state index in [0.29, 0.717) is 5.88 Å². The first-order valence-electron chi connectivity index (χ1n) is 7.28. The number of aromatic nitrogens is 2. The van der Waals surface area contributed by atoms with Crippen LogP contribution >= 0.6 is 11.6 Å². The average Bonchev–Trinajstić information content (AvgIpc) is 2.85. The summed E-state index contributed by atoms with van der Waals surface area (Å²) in [7, 11) is 3.84. The Morgan fingerprint density at radius 2 is 2.00 bits per heavy atom. The number of likely N-dealkylation sites (N-methyl/N-ethyl adjacent to an activating group) is 1. The monoisotopic (exact) mass is 308 g/mol. The van der Waals surface area contributed by atoms with Crippen molar-refractivity contribution < 1.29 is 4.74 Å². The number of ether oxygens (including phenoxy) is 1. The molecular formula is C15H21ClN4O. The van der Waals surface area contributed by atoms with Crippen LogP contribution < -0.4 is 9.75 Å². The van der Waals surface area contributed by atoms with E-state index in [1.807, 2.05) is 12.1 Å². The normalized spacial score (nSPS) is 16.6. The number of hydrogen-bond acceptors (Lipinski definition) is 4. The fraction of sp³-hybridized carbons (Fsp3) is 0.533. The maximum Gasteiger partial charge on any atom is 0.130 e. The first kappa shape index (κ1) is 14.5. The maximum atomic E-state index is 5.95. The van der Waals surface area contributed by atoms with Crippen LogP contribution in [0.1, 0.15) is 5.82 Å². The molecule has 1 aliphatic heterocycles. The molecule has 1 aromatic heterocycles. The lowest BCUT2D eigenvalue weighted by Crippen LogP contribution is -2.50. The first-order valence-corrected chi connectivity index (χ1v) is 7.81. The molecule has 0 N–H and O–H groups in total. The summed E-state index contributed by atoms with van der Waals surface area (Å²) < 4.78 is 7.54. The molecule has 114 valence electrons. The predicted molar refractivity (Wildman–Crippen MR) is 86.2 cm³/mol. The summed E-state index contributed by atoms with van der Waals surface area (Å²) in [4.78, 5) is 7.10. The van der Waals surface area contributed by atoms with Gasteiger partial charge in [-0.15, -0.1) is 11.6 Å². The Hall–Kier alpha value is -1.46. The zero-order valence-corrected chi connectivity index (χ0v) is 13.3. The van der Waals surface area contributed by atoms with Gasteiger partial charge in [-0.1, -0.05) is 0 Å². The number of alkyl halides is 1. The Balaban J connectivity index is 2.03. The number of fused-ring (bicyclic) bond motifs is 1. The molecule has 0 bridgehead atoms.